The molecule has 0 spiro atoms. The monoisotopic (exact) mass is 239 g/mol. The predicted octanol–water partition coefficient (Wildman–Crippen LogP) is 1.49. The van der Waals surface area contributed by atoms with Gasteiger partial charge in [0.05, 0.1) is 12.8 Å². The SMILES string of the molecule is COC(=O)C(NCC(C)C)c1c(C)n[nH]c1C. The highest BCUT2D eigenvalue weighted by atomic mass is 16.5. The van der Waals surface area contributed by atoms with Crippen LogP contribution in [0.2, 0.25) is 0 Å². The fourth-order valence-electron chi connectivity index (χ4n) is 1.76. The van der Waals surface area contributed by atoms with Crippen LogP contribution < -0.4 is 5.32 Å². The second kappa shape index (κ2) is 5.82. The van der Waals surface area contributed by atoms with Gasteiger partial charge < -0.3 is 10.1 Å². The van der Waals surface area contributed by atoms with Crippen LogP contribution in [0.15, 0.2) is 0 Å². The van der Waals surface area contributed by atoms with E-state index in [0.717, 1.165) is 23.5 Å². The molecular weight excluding hydrogens is 218 g/mol. The molecule has 0 saturated carbocycles. The van der Waals surface area contributed by atoms with Crippen molar-refractivity contribution < 1.29 is 9.53 Å². The van der Waals surface area contributed by atoms with E-state index in [-0.39, 0.29) is 5.97 Å². The number of esters is 1. The second-order valence-corrected chi connectivity index (χ2v) is 4.61. The van der Waals surface area contributed by atoms with E-state index >= 15 is 0 Å². The minimum atomic E-state index is -0.443. The number of rotatable bonds is 5. The Balaban J connectivity index is 2.94. The first kappa shape index (κ1) is 13.7. The van der Waals surface area contributed by atoms with Crippen LogP contribution in [-0.2, 0) is 9.53 Å². The number of nitrogens with one attached hydrogen (secondary N) is 2. The lowest BCUT2D eigenvalue weighted by Crippen LogP contribution is -2.33. The maximum Gasteiger partial charge on any atom is 0.327 e. The van der Waals surface area contributed by atoms with Crippen LogP contribution in [-0.4, -0.2) is 29.8 Å². The zero-order valence-corrected chi connectivity index (χ0v) is 11.1. The molecule has 0 aliphatic carbocycles. The number of aromatic amines is 1. The molecule has 0 radical (unpaired) electrons. The first-order chi connectivity index (χ1) is 7.97. The van der Waals surface area contributed by atoms with Gasteiger partial charge in [0.25, 0.3) is 0 Å². The van der Waals surface area contributed by atoms with Gasteiger partial charge in [0, 0.05) is 11.3 Å². The van der Waals surface area contributed by atoms with E-state index in [1.165, 1.54) is 7.11 Å². The molecule has 1 atom stereocenters. The first-order valence-corrected chi connectivity index (χ1v) is 5.80. The molecule has 1 heterocycles. The third-order valence-electron chi connectivity index (χ3n) is 2.64. The van der Waals surface area contributed by atoms with Crippen LogP contribution in [0.25, 0.3) is 0 Å². The molecule has 0 aromatic carbocycles. The Hall–Kier alpha value is -1.36. The predicted molar refractivity (Wildman–Crippen MR) is 65.7 cm³/mol. The van der Waals surface area contributed by atoms with Crippen molar-refractivity contribution in [3.05, 3.63) is 17.0 Å². The van der Waals surface area contributed by atoms with Crippen molar-refractivity contribution >= 4 is 5.97 Å². The molecule has 1 unspecified atom stereocenters. The number of H-pyrrole nitrogens is 1. The minimum absolute atomic E-state index is 0.279. The molecule has 96 valence electrons. The summed E-state index contributed by atoms with van der Waals surface area (Å²) >= 11 is 0. The van der Waals surface area contributed by atoms with Crippen LogP contribution in [0.4, 0.5) is 0 Å². The van der Waals surface area contributed by atoms with Gasteiger partial charge in [-0.05, 0) is 26.3 Å². The molecule has 1 rings (SSSR count). The zero-order valence-electron chi connectivity index (χ0n) is 11.1. The van der Waals surface area contributed by atoms with Gasteiger partial charge in [-0.1, -0.05) is 13.8 Å². The van der Waals surface area contributed by atoms with Gasteiger partial charge in [0.1, 0.15) is 6.04 Å². The number of carbonyl (C=O) groups excluding carboxylic acids is 1. The summed E-state index contributed by atoms with van der Waals surface area (Å²) in [7, 11) is 1.40. The molecule has 0 fully saturated rings. The van der Waals surface area contributed by atoms with Crippen LogP contribution in [0.1, 0.15) is 36.8 Å². The maximum absolute atomic E-state index is 11.8. The third kappa shape index (κ3) is 3.30. The molecule has 2 N–H and O–H groups in total. The molecule has 1 aromatic rings. The van der Waals surface area contributed by atoms with Gasteiger partial charge in [-0.25, -0.2) is 4.79 Å². The van der Waals surface area contributed by atoms with Crippen LogP contribution in [0, 0.1) is 19.8 Å². The van der Waals surface area contributed by atoms with E-state index in [9.17, 15) is 4.79 Å². The van der Waals surface area contributed by atoms with Crippen molar-refractivity contribution in [2.24, 2.45) is 5.92 Å². The highest BCUT2D eigenvalue weighted by Crippen LogP contribution is 2.21. The standard InChI is InChI=1S/C12H21N3O2/c1-7(2)6-13-11(12(16)17-5)10-8(3)14-15-9(10)4/h7,11,13H,6H2,1-5H3,(H,14,15). The van der Waals surface area contributed by atoms with Crippen molar-refractivity contribution in [1.82, 2.24) is 15.5 Å². The number of carbonyl (C=O) groups is 1. The summed E-state index contributed by atoms with van der Waals surface area (Å²) in [6.45, 7) is 8.73. The molecule has 0 aliphatic rings. The molecular formula is C12H21N3O2. The average Bonchev–Trinajstić information content (AvgIpc) is 2.60. The van der Waals surface area contributed by atoms with E-state index in [0.29, 0.717) is 5.92 Å². The van der Waals surface area contributed by atoms with Gasteiger partial charge in [-0.2, -0.15) is 5.10 Å². The van der Waals surface area contributed by atoms with Gasteiger partial charge in [-0.3, -0.25) is 5.10 Å². The molecule has 0 aliphatic heterocycles. The average molecular weight is 239 g/mol. The van der Waals surface area contributed by atoms with Crippen molar-refractivity contribution in [2.75, 3.05) is 13.7 Å². The van der Waals surface area contributed by atoms with E-state index in [2.05, 4.69) is 29.4 Å². The van der Waals surface area contributed by atoms with E-state index < -0.39 is 6.04 Å². The number of ether oxygens (including phenoxy) is 1. The molecule has 17 heavy (non-hydrogen) atoms. The maximum atomic E-state index is 11.8. The highest BCUT2D eigenvalue weighted by molar-refractivity contribution is 5.78. The molecule has 0 saturated heterocycles. The summed E-state index contributed by atoms with van der Waals surface area (Å²) in [5, 5.41) is 10.2. The quantitative estimate of drug-likeness (QED) is 0.764. The topological polar surface area (TPSA) is 67.0 Å². The zero-order chi connectivity index (χ0) is 13.0. The Morgan fingerprint density at radius 1 is 1.47 bits per heavy atom. The van der Waals surface area contributed by atoms with Crippen LogP contribution in [0.5, 0.6) is 0 Å². The van der Waals surface area contributed by atoms with Crippen LogP contribution in [0.3, 0.4) is 0 Å². The Labute approximate surface area is 102 Å². The molecule has 5 heteroatoms. The summed E-state index contributed by atoms with van der Waals surface area (Å²) in [5.74, 6) is 0.188. The Morgan fingerprint density at radius 2 is 2.12 bits per heavy atom. The number of hydrogen-bond acceptors (Lipinski definition) is 4. The summed E-state index contributed by atoms with van der Waals surface area (Å²) in [6, 6.07) is -0.443. The number of methoxy groups -OCH3 is 1. The summed E-state index contributed by atoms with van der Waals surface area (Å²) in [4.78, 5) is 11.8. The number of hydrogen-bond donors (Lipinski definition) is 2. The normalized spacial score (nSPS) is 12.8. The summed E-state index contributed by atoms with van der Waals surface area (Å²) < 4.78 is 4.84. The molecule has 0 bridgehead atoms. The number of aromatic nitrogens is 2. The van der Waals surface area contributed by atoms with Crippen molar-refractivity contribution in [2.45, 2.75) is 33.7 Å². The van der Waals surface area contributed by atoms with Gasteiger partial charge in [0.15, 0.2) is 0 Å². The summed E-state index contributed by atoms with van der Waals surface area (Å²) in [5.41, 5.74) is 2.61. The second-order valence-electron chi connectivity index (χ2n) is 4.61. The van der Waals surface area contributed by atoms with E-state index in [1.807, 2.05) is 13.8 Å². The molecule has 0 amide bonds. The summed E-state index contributed by atoms with van der Waals surface area (Å²) in [6.07, 6.45) is 0. The van der Waals surface area contributed by atoms with Crippen molar-refractivity contribution in [3.63, 3.8) is 0 Å². The Kier molecular flexibility index (Phi) is 4.69. The largest absolute Gasteiger partial charge is 0.468 e. The van der Waals surface area contributed by atoms with Gasteiger partial charge in [-0.15, -0.1) is 0 Å². The smallest absolute Gasteiger partial charge is 0.327 e. The van der Waals surface area contributed by atoms with E-state index in [1.54, 1.807) is 0 Å². The lowest BCUT2D eigenvalue weighted by molar-refractivity contribution is -0.143. The van der Waals surface area contributed by atoms with Gasteiger partial charge in [0.2, 0.25) is 0 Å². The van der Waals surface area contributed by atoms with E-state index in [4.69, 9.17) is 4.74 Å². The number of nitrogens with zero attached hydrogens (tertiary/aromatic N) is 1. The lowest BCUT2D eigenvalue weighted by Gasteiger charge is -2.18. The minimum Gasteiger partial charge on any atom is -0.468 e. The lowest BCUT2D eigenvalue weighted by atomic mass is 10.0. The fraction of sp³-hybridized carbons (Fsp3) is 0.667. The third-order valence-corrected chi connectivity index (χ3v) is 2.64. The fourth-order valence-corrected chi connectivity index (χ4v) is 1.76. The molecule has 5 nitrogen and oxygen atoms in total. The Bertz CT molecular complexity index is 366. The van der Waals surface area contributed by atoms with Crippen molar-refractivity contribution in [3.8, 4) is 0 Å². The first-order valence-electron chi connectivity index (χ1n) is 5.80. The van der Waals surface area contributed by atoms with Crippen molar-refractivity contribution in [1.29, 1.82) is 0 Å². The van der Waals surface area contributed by atoms with Crippen LogP contribution >= 0.6 is 0 Å². The van der Waals surface area contributed by atoms with Gasteiger partial charge >= 0.3 is 5.97 Å². The Morgan fingerprint density at radius 3 is 2.53 bits per heavy atom. The molecule has 1 aromatic heterocycles. The number of aryl methyl sites for hydroxylation is 2. The highest BCUT2D eigenvalue weighted by Gasteiger charge is 2.26.